The van der Waals surface area contributed by atoms with Crippen molar-refractivity contribution in [3.05, 3.63) is 39.0 Å². The molecule has 0 aliphatic heterocycles. The molecular formula is C12H16N2S2. The van der Waals surface area contributed by atoms with Crippen LogP contribution in [0.4, 0.5) is 0 Å². The Hall–Kier alpha value is -0.710. The molecule has 2 heterocycles. The molecule has 0 radical (unpaired) electrons. The third-order valence-corrected chi connectivity index (χ3v) is 4.02. The maximum atomic E-state index is 4.13. The van der Waals surface area contributed by atoms with E-state index in [1.165, 1.54) is 10.4 Å². The molecular weight excluding hydrogens is 236 g/mol. The van der Waals surface area contributed by atoms with Crippen LogP contribution in [0.2, 0.25) is 0 Å². The van der Waals surface area contributed by atoms with Gasteiger partial charge in [-0.25, -0.2) is 0 Å². The number of hydrogen-bond acceptors (Lipinski definition) is 4. The molecule has 0 spiro atoms. The summed E-state index contributed by atoms with van der Waals surface area (Å²) in [7, 11) is 0. The van der Waals surface area contributed by atoms with Gasteiger partial charge in [-0.2, -0.15) is 11.3 Å². The summed E-state index contributed by atoms with van der Waals surface area (Å²) in [5.74, 6) is 0. The molecule has 0 aliphatic rings. The van der Waals surface area contributed by atoms with E-state index in [-0.39, 0.29) is 0 Å². The molecule has 1 unspecified atom stereocenters. The number of nitrogens with zero attached hydrogens (tertiary/aromatic N) is 1. The van der Waals surface area contributed by atoms with Crippen molar-refractivity contribution in [2.24, 2.45) is 0 Å². The summed E-state index contributed by atoms with van der Waals surface area (Å²) in [6.45, 7) is 3.18. The normalized spacial score (nSPS) is 12.8. The van der Waals surface area contributed by atoms with Crippen LogP contribution in [0.25, 0.3) is 0 Å². The van der Waals surface area contributed by atoms with Crippen LogP contribution in [0, 0.1) is 0 Å². The first-order valence-electron chi connectivity index (χ1n) is 5.50. The summed E-state index contributed by atoms with van der Waals surface area (Å²) in [5.41, 5.74) is 3.34. The number of rotatable bonds is 6. The first-order valence-corrected chi connectivity index (χ1v) is 7.32. The van der Waals surface area contributed by atoms with Gasteiger partial charge < -0.3 is 5.32 Å². The SMILES string of the molecule is CCNC(Cc1ccsc1)Cc1cncs1. The van der Waals surface area contributed by atoms with Gasteiger partial charge in [0.1, 0.15) is 0 Å². The zero-order valence-electron chi connectivity index (χ0n) is 9.35. The monoisotopic (exact) mass is 252 g/mol. The van der Waals surface area contributed by atoms with Crippen molar-refractivity contribution in [3.8, 4) is 0 Å². The fraction of sp³-hybridized carbons (Fsp3) is 0.417. The minimum absolute atomic E-state index is 0.528. The van der Waals surface area contributed by atoms with E-state index < -0.39 is 0 Å². The maximum Gasteiger partial charge on any atom is 0.0794 e. The van der Waals surface area contributed by atoms with Crippen LogP contribution in [-0.2, 0) is 12.8 Å². The van der Waals surface area contributed by atoms with Gasteiger partial charge in [0.25, 0.3) is 0 Å². The predicted molar refractivity (Wildman–Crippen MR) is 71.3 cm³/mol. The van der Waals surface area contributed by atoms with Gasteiger partial charge in [0.15, 0.2) is 0 Å². The van der Waals surface area contributed by atoms with Gasteiger partial charge in [-0.3, -0.25) is 4.98 Å². The molecule has 86 valence electrons. The van der Waals surface area contributed by atoms with Crippen LogP contribution >= 0.6 is 22.7 Å². The molecule has 2 rings (SSSR count). The maximum absolute atomic E-state index is 4.13. The van der Waals surface area contributed by atoms with Crippen molar-refractivity contribution < 1.29 is 0 Å². The highest BCUT2D eigenvalue weighted by molar-refractivity contribution is 7.09. The molecule has 0 saturated carbocycles. The van der Waals surface area contributed by atoms with Crippen molar-refractivity contribution in [2.75, 3.05) is 6.54 Å². The first-order chi connectivity index (χ1) is 7.88. The van der Waals surface area contributed by atoms with Gasteiger partial charge in [-0.15, -0.1) is 11.3 Å². The van der Waals surface area contributed by atoms with Crippen LogP contribution in [0.1, 0.15) is 17.4 Å². The highest BCUT2D eigenvalue weighted by atomic mass is 32.1. The fourth-order valence-electron chi connectivity index (χ4n) is 1.78. The Morgan fingerprint density at radius 3 is 3.00 bits per heavy atom. The number of likely N-dealkylation sites (N-methyl/N-ethyl adjacent to an activating group) is 1. The highest BCUT2D eigenvalue weighted by Crippen LogP contribution is 2.14. The average molecular weight is 252 g/mol. The van der Waals surface area contributed by atoms with Gasteiger partial charge in [0.05, 0.1) is 5.51 Å². The average Bonchev–Trinajstić information content (AvgIpc) is 2.91. The number of nitrogens with one attached hydrogen (secondary N) is 1. The third kappa shape index (κ3) is 3.40. The van der Waals surface area contributed by atoms with E-state index in [0.29, 0.717) is 6.04 Å². The van der Waals surface area contributed by atoms with Gasteiger partial charge in [-0.1, -0.05) is 6.92 Å². The van der Waals surface area contributed by atoms with Crippen molar-refractivity contribution in [2.45, 2.75) is 25.8 Å². The van der Waals surface area contributed by atoms with Crippen molar-refractivity contribution in [1.82, 2.24) is 10.3 Å². The van der Waals surface area contributed by atoms with Crippen LogP contribution in [0.15, 0.2) is 28.5 Å². The summed E-state index contributed by atoms with van der Waals surface area (Å²) in [6.07, 6.45) is 4.16. The predicted octanol–water partition coefficient (Wildman–Crippen LogP) is 2.97. The summed E-state index contributed by atoms with van der Waals surface area (Å²) >= 11 is 3.51. The van der Waals surface area contributed by atoms with Crippen molar-refractivity contribution in [3.63, 3.8) is 0 Å². The van der Waals surface area contributed by atoms with Gasteiger partial charge in [0, 0.05) is 17.1 Å². The van der Waals surface area contributed by atoms with Crippen molar-refractivity contribution in [1.29, 1.82) is 0 Å². The second-order valence-electron chi connectivity index (χ2n) is 3.76. The molecule has 16 heavy (non-hydrogen) atoms. The fourth-order valence-corrected chi connectivity index (χ4v) is 3.14. The van der Waals surface area contributed by atoms with Crippen LogP contribution in [-0.4, -0.2) is 17.6 Å². The molecule has 2 nitrogen and oxygen atoms in total. The standard InChI is InChI=1S/C12H16N2S2/c1-2-14-11(5-10-3-4-15-8-10)6-12-7-13-9-16-12/h3-4,7-9,11,14H,2,5-6H2,1H3. The lowest BCUT2D eigenvalue weighted by atomic mass is 10.1. The van der Waals surface area contributed by atoms with Gasteiger partial charge in [0.2, 0.25) is 0 Å². The molecule has 2 aromatic rings. The minimum Gasteiger partial charge on any atom is -0.314 e. The van der Waals surface area contributed by atoms with E-state index in [1.807, 2.05) is 11.7 Å². The third-order valence-electron chi connectivity index (χ3n) is 2.49. The Balaban J connectivity index is 1.94. The van der Waals surface area contributed by atoms with Gasteiger partial charge in [-0.05, 0) is 41.8 Å². The van der Waals surface area contributed by atoms with E-state index >= 15 is 0 Å². The Labute approximate surface area is 104 Å². The number of aromatic nitrogens is 1. The Kier molecular flexibility index (Phi) is 4.51. The second kappa shape index (κ2) is 6.13. The lowest BCUT2D eigenvalue weighted by Crippen LogP contribution is -2.32. The second-order valence-corrected chi connectivity index (χ2v) is 5.51. The molecule has 0 bridgehead atoms. The van der Waals surface area contributed by atoms with Gasteiger partial charge >= 0.3 is 0 Å². The Bertz CT molecular complexity index is 345. The number of hydrogen-bond donors (Lipinski definition) is 1. The van der Waals surface area contributed by atoms with Crippen molar-refractivity contribution >= 4 is 22.7 Å². The molecule has 0 saturated heterocycles. The summed E-state index contributed by atoms with van der Waals surface area (Å²) in [5, 5.41) is 7.92. The molecule has 1 atom stereocenters. The topological polar surface area (TPSA) is 24.9 Å². The van der Waals surface area contributed by atoms with Crippen LogP contribution < -0.4 is 5.32 Å². The summed E-state index contributed by atoms with van der Waals surface area (Å²) in [6, 6.07) is 2.74. The van der Waals surface area contributed by atoms with E-state index in [1.54, 1.807) is 22.7 Å². The lowest BCUT2D eigenvalue weighted by Gasteiger charge is -2.16. The quantitative estimate of drug-likeness (QED) is 0.855. The molecule has 0 aromatic carbocycles. The van der Waals surface area contributed by atoms with E-state index in [2.05, 4.69) is 34.1 Å². The minimum atomic E-state index is 0.528. The molecule has 1 N–H and O–H groups in total. The highest BCUT2D eigenvalue weighted by Gasteiger charge is 2.10. The molecule has 2 aromatic heterocycles. The summed E-state index contributed by atoms with van der Waals surface area (Å²) < 4.78 is 0. The number of thiazole rings is 1. The molecule has 4 heteroatoms. The molecule has 0 aliphatic carbocycles. The molecule has 0 amide bonds. The van der Waals surface area contributed by atoms with Crippen LogP contribution in [0.3, 0.4) is 0 Å². The zero-order valence-corrected chi connectivity index (χ0v) is 11.0. The van der Waals surface area contributed by atoms with Crippen LogP contribution in [0.5, 0.6) is 0 Å². The summed E-state index contributed by atoms with van der Waals surface area (Å²) in [4.78, 5) is 5.49. The van der Waals surface area contributed by atoms with E-state index in [9.17, 15) is 0 Å². The zero-order chi connectivity index (χ0) is 11.2. The largest absolute Gasteiger partial charge is 0.314 e. The Morgan fingerprint density at radius 2 is 2.38 bits per heavy atom. The Morgan fingerprint density at radius 1 is 1.44 bits per heavy atom. The first kappa shape index (κ1) is 11.8. The molecule has 0 fully saturated rings. The smallest absolute Gasteiger partial charge is 0.0794 e. The number of thiophene rings is 1. The van der Waals surface area contributed by atoms with E-state index in [0.717, 1.165) is 19.4 Å². The lowest BCUT2D eigenvalue weighted by molar-refractivity contribution is 0.525. The van der Waals surface area contributed by atoms with E-state index in [4.69, 9.17) is 0 Å².